The van der Waals surface area contributed by atoms with E-state index in [0.717, 1.165) is 31.5 Å². The SMILES string of the molecule is CCC1CCCN(Oc2nc3cnccn3c(=O)c2-c2ccccc2)C1. The number of hydroxylamine groups is 2. The number of hydrogen-bond donors (Lipinski definition) is 0. The Kier molecular flexibility index (Phi) is 4.67. The lowest BCUT2D eigenvalue weighted by atomic mass is 9.97. The summed E-state index contributed by atoms with van der Waals surface area (Å²) in [6.45, 7) is 3.91. The van der Waals surface area contributed by atoms with Crippen molar-refractivity contribution in [3.63, 3.8) is 0 Å². The van der Waals surface area contributed by atoms with Crippen molar-refractivity contribution in [2.24, 2.45) is 5.92 Å². The average molecular weight is 350 g/mol. The second-order valence-corrected chi connectivity index (χ2v) is 6.66. The minimum atomic E-state index is -0.150. The van der Waals surface area contributed by atoms with E-state index < -0.39 is 0 Å². The van der Waals surface area contributed by atoms with E-state index in [1.807, 2.05) is 35.4 Å². The van der Waals surface area contributed by atoms with Crippen LogP contribution >= 0.6 is 0 Å². The first-order valence-electron chi connectivity index (χ1n) is 9.11. The van der Waals surface area contributed by atoms with Gasteiger partial charge in [-0.3, -0.25) is 14.2 Å². The summed E-state index contributed by atoms with van der Waals surface area (Å²) < 4.78 is 1.51. The van der Waals surface area contributed by atoms with Gasteiger partial charge in [0, 0.05) is 25.5 Å². The van der Waals surface area contributed by atoms with E-state index >= 15 is 0 Å². The highest BCUT2D eigenvalue weighted by atomic mass is 16.7. The Bertz CT molecular complexity index is 955. The fourth-order valence-electron chi connectivity index (χ4n) is 3.46. The first kappa shape index (κ1) is 16.7. The smallest absolute Gasteiger partial charge is 0.269 e. The molecule has 0 spiro atoms. The van der Waals surface area contributed by atoms with Crippen molar-refractivity contribution in [1.82, 2.24) is 19.4 Å². The van der Waals surface area contributed by atoms with E-state index in [1.165, 1.54) is 10.8 Å². The van der Waals surface area contributed by atoms with Crippen LogP contribution in [0.5, 0.6) is 5.88 Å². The molecule has 1 aromatic carbocycles. The summed E-state index contributed by atoms with van der Waals surface area (Å²) in [6.07, 6.45) is 8.24. The van der Waals surface area contributed by atoms with Gasteiger partial charge in [0.05, 0.1) is 6.20 Å². The Hall–Kier alpha value is -2.73. The molecule has 3 heterocycles. The van der Waals surface area contributed by atoms with Crippen molar-refractivity contribution in [3.05, 3.63) is 59.3 Å². The molecular weight excluding hydrogens is 328 g/mol. The van der Waals surface area contributed by atoms with Crippen LogP contribution in [-0.4, -0.2) is 32.5 Å². The highest BCUT2D eigenvalue weighted by Crippen LogP contribution is 2.27. The molecule has 2 aromatic heterocycles. The second-order valence-electron chi connectivity index (χ2n) is 6.66. The van der Waals surface area contributed by atoms with E-state index in [2.05, 4.69) is 16.9 Å². The molecule has 0 aliphatic carbocycles. The normalized spacial score (nSPS) is 18.1. The summed E-state index contributed by atoms with van der Waals surface area (Å²) in [5.74, 6) is 0.970. The Morgan fingerprint density at radius 2 is 2.12 bits per heavy atom. The Labute approximate surface area is 152 Å². The van der Waals surface area contributed by atoms with Crippen molar-refractivity contribution in [1.29, 1.82) is 0 Å². The zero-order chi connectivity index (χ0) is 17.9. The summed E-state index contributed by atoms with van der Waals surface area (Å²) in [7, 11) is 0. The number of fused-ring (bicyclic) bond motifs is 1. The van der Waals surface area contributed by atoms with Gasteiger partial charge in [0.15, 0.2) is 5.65 Å². The van der Waals surface area contributed by atoms with Crippen LogP contribution in [0.4, 0.5) is 0 Å². The topological polar surface area (TPSA) is 59.7 Å². The number of hydrogen-bond acceptors (Lipinski definition) is 5. The Morgan fingerprint density at radius 1 is 1.27 bits per heavy atom. The van der Waals surface area contributed by atoms with Gasteiger partial charge in [-0.2, -0.15) is 4.98 Å². The predicted octanol–water partition coefficient (Wildman–Crippen LogP) is 3.17. The molecule has 4 rings (SSSR count). The standard InChI is InChI=1S/C20H22N4O2/c1-2-15-7-6-11-23(14-15)26-19-18(16-8-4-3-5-9-16)20(25)24-12-10-21-13-17(24)22-19/h3-5,8-10,12-13,15H,2,6-7,11,14H2,1H3. The molecule has 0 amide bonds. The maximum absolute atomic E-state index is 13.1. The molecule has 1 fully saturated rings. The van der Waals surface area contributed by atoms with Crippen molar-refractivity contribution < 1.29 is 4.84 Å². The Balaban J connectivity index is 1.81. The van der Waals surface area contributed by atoms with Crippen LogP contribution in [0.15, 0.2) is 53.7 Å². The molecule has 1 atom stereocenters. The molecule has 6 nitrogen and oxygen atoms in total. The highest BCUT2D eigenvalue weighted by molar-refractivity contribution is 5.69. The lowest BCUT2D eigenvalue weighted by Crippen LogP contribution is -2.38. The van der Waals surface area contributed by atoms with E-state index in [4.69, 9.17) is 4.84 Å². The van der Waals surface area contributed by atoms with Crippen molar-refractivity contribution in [2.75, 3.05) is 13.1 Å². The molecule has 0 saturated carbocycles. The van der Waals surface area contributed by atoms with Gasteiger partial charge in [-0.15, -0.1) is 5.06 Å². The van der Waals surface area contributed by atoms with Crippen molar-refractivity contribution in [3.8, 4) is 17.0 Å². The van der Waals surface area contributed by atoms with Crippen LogP contribution in [-0.2, 0) is 0 Å². The third kappa shape index (κ3) is 3.20. The minimum absolute atomic E-state index is 0.150. The number of benzene rings is 1. The van der Waals surface area contributed by atoms with Gasteiger partial charge in [-0.1, -0.05) is 43.7 Å². The molecule has 0 N–H and O–H groups in total. The van der Waals surface area contributed by atoms with E-state index in [-0.39, 0.29) is 5.56 Å². The summed E-state index contributed by atoms with van der Waals surface area (Å²) >= 11 is 0. The summed E-state index contributed by atoms with van der Waals surface area (Å²) in [5.41, 5.74) is 1.61. The maximum Gasteiger partial charge on any atom is 0.269 e. The van der Waals surface area contributed by atoms with Gasteiger partial charge < -0.3 is 4.84 Å². The van der Waals surface area contributed by atoms with Crippen molar-refractivity contribution >= 4 is 5.65 Å². The molecule has 0 bridgehead atoms. The van der Waals surface area contributed by atoms with Gasteiger partial charge in [0.25, 0.3) is 11.4 Å². The number of piperidine rings is 1. The van der Waals surface area contributed by atoms with Crippen molar-refractivity contribution in [2.45, 2.75) is 26.2 Å². The quantitative estimate of drug-likeness (QED) is 0.723. The molecule has 26 heavy (non-hydrogen) atoms. The van der Waals surface area contributed by atoms with Crippen LogP contribution in [0.3, 0.4) is 0 Å². The van der Waals surface area contributed by atoms with E-state index in [1.54, 1.807) is 18.6 Å². The summed E-state index contributed by atoms with van der Waals surface area (Å²) in [5, 5.41) is 1.94. The number of aromatic nitrogens is 3. The molecule has 6 heteroatoms. The maximum atomic E-state index is 13.1. The fraction of sp³-hybridized carbons (Fsp3) is 0.350. The lowest BCUT2D eigenvalue weighted by Gasteiger charge is -2.31. The van der Waals surface area contributed by atoms with Crippen LogP contribution < -0.4 is 10.4 Å². The lowest BCUT2D eigenvalue weighted by molar-refractivity contribution is -0.0907. The largest absolute Gasteiger partial charge is 0.385 e. The first-order chi connectivity index (χ1) is 12.8. The zero-order valence-corrected chi connectivity index (χ0v) is 14.8. The molecule has 1 saturated heterocycles. The third-order valence-electron chi connectivity index (χ3n) is 4.94. The monoisotopic (exact) mass is 350 g/mol. The van der Waals surface area contributed by atoms with Gasteiger partial charge in [0.2, 0.25) is 0 Å². The molecule has 0 radical (unpaired) electrons. The highest BCUT2D eigenvalue weighted by Gasteiger charge is 2.23. The molecule has 1 unspecified atom stereocenters. The minimum Gasteiger partial charge on any atom is -0.385 e. The fourth-order valence-corrected chi connectivity index (χ4v) is 3.46. The van der Waals surface area contributed by atoms with E-state index in [0.29, 0.717) is 23.0 Å². The van der Waals surface area contributed by atoms with Gasteiger partial charge in [-0.05, 0) is 24.3 Å². The average Bonchev–Trinajstić information content (AvgIpc) is 2.69. The zero-order valence-electron chi connectivity index (χ0n) is 14.8. The van der Waals surface area contributed by atoms with Crippen LogP contribution in [0.2, 0.25) is 0 Å². The number of nitrogens with zero attached hydrogens (tertiary/aromatic N) is 4. The molecular formula is C20H22N4O2. The van der Waals surface area contributed by atoms with Gasteiger partial charge in [0.1, 0.15) is 5.56 Å². The van der Waals surface area contributed by atoms with Gasteiger partial charge in [-0.25, -0.2) is 0 Å². The van der Waals surface area contributed by atoms with Crippen LogP contribution in [0.25, 0.3) is 16.8 Å². The molecule has 134 valence electrons. The number of rotatable bonds is 4. The van der Waals surface area contributed by atoms with Crippen LogP contribution in [0, 0.1) is 5.92 Å². The first-order valence-corrected chi connectivity index (χ1v) is 9.11. The molecule has 1 aliphatic rings. The third-order valence-corrected chi connectivity index (χ3v) is 4.94. The van der Waals surface area contributed by atoms with E-state index in [9.17, 15) is 4.79 Å². The second kappa shape index (κ2) is 7.25. The summed E-state index contributed by atoms with van der Waals surface area (Å²) in [6, 6.07) is 9.56. The predicted molar refractivity (Wildman–Crippen MR) is 99.9 cm³/mol. The molecule has 3 aromatic rings. The van der Waals surface area contributed by atoms with Gasteiger partial charge >= 0.3 is 0 Å². The van der Waals surface area contributed by atoms with Crippen LogP contribution in [0.1, 0.15) is 26.2 Å². The molecule has 1 aliphatic heterocycles. The summed E-state index contributed by atoms with van der Waals surface area (Å²) in [4.78, 5) is 27.9. The Morgan fingerprint density at radius 3 is 2.92 bits per heavy atom.